The fraction of sp³-hybridized carbons (Fsp3) is 0.474. The monoisotopic (exact) mass is 390 g/mol. The zero-order valence-corrected chi connectivity index (χ0v) is 16.9. The largest absolute Gasteiger partial charge is 0.478 e. The van der Waals surface area contributed by atoms with Crippen molar-refractivity contribution in [1.82, 2.24) is 14.3 Å². The van der Waals surface area contributed by atoms with Crippen LogP contribution < -0.4 is 9.64 Å². The highest BCUT2D eigenvalue weighted by molar-refractivity contribution is 7.89. The number of sulfonamides is 1. The minimum Gasteiger partial charge on any atom is -0.478 e. The lowest BCUT2D eigenvalue weighted by atomic mass is 10.2. The Morgan fingerprint density at radius 3 is 2.33 bits per heavy atom. The minimum absolute atomic E-state index is 0.342. The van der Waals surface area contributed by atoms with Gasteiger partial charge in [-0.3, -0.25) is 0 Å². The molecule has 2 heterocycles. The van der Waals surface area contributed by atoms with Gasteiger partial charge in [-0.2, -0.15) is 9.29 Å². The fourth-order valence-electron chi connectivity index (χ4n) is 2.98. The quantitative estimate of drug-likeness (QED) is 0.754. The molecule has 27 heavy (non-hydrogen) atoms. The van der Waals surface area contributed by atoms with E-state index in [1.165, 1.54) is 4.31 Å². The first-order valence-corrected chi connectivity index (χ1v) is 10.6. The third-order valence-corrected chi connectivity index (χ3v) is 6.39. The molecule has 0 amide bonds. The molecular weight excluding hydrogens is 364 g/mol. The highest BCUT2D eigenvalue weighted by Gasteiger charge is 2.29. The summed E-state index contributed by atoms with van der Waals surface area (Å²) in [5, 5.41) is 0. The summed E-state index contributed by atoms with van der Waals surface area (Å²) >= 11 is 0. The van der Waals surface area contributed by atoms with Crippen molar-refractivity contribution in [2.45, 2.75) is 32.1 Å². The van der Waals surface area contributed by atoms with Gasteiger partial charge in [0.2, 0.25) is 15.9 Å². The molecular formula is C19H26N4O3S. The van der Waals surface area contributed by atoms with Gasteiger partial charge >= 0.3 is 0 Å². The number of aromatic nitrogens is 2. The molecule has 1 aromatic carbocycles. The van der Waals surface area contributed by atoms with E-state index in [1.54, 1.807) is 12.1 Å². The standard InChI is InChI=1S/C19H26N4O3S/c1-4-13-26-19-14-18(20-16(3)21-19)22-9-11-23(12-10-22)27(24,25)17-7-5-15(2)6-8-17/h5-8,14H,4,9-13H2,1-3H3. The summed E-state index contributed by atoms with van der Waals surface area (Å²) in [4.78, 5) is 11.2. The summed E-state index contributed by atoms with van der Waals surface area (Å²) in [6.07, 6.45) is 0.911. The number of rotatable bonds is 6. The number of benzene rings is 1. The molecule has 8 heteroatoms. The van der Waals surface area contributed by atoms with Crippen LogP contribution in [0.2, 0.25) is 0 Å². The van der Waals surface area contributed by atoms with Gasteiger partial charge in [0.15, 0.2) is 0 Å². The Hall–Kier alpha value is -2.19. The average Bonchev–Trinajstić information content (AvgIpc) is 2.66. The lowest BCUT2D eigenvalue weighted by molar-refractivity contribution is 0.303. The number of anilines is 1. The number of nitrogens with zero attached hydrogens (tertiary/aromatic N) is 4. The van der Waals surface area contributed by atoms with Gasteiger partial charge in [-0.25, -0.2) is 13.4 Å². The second-order valence-corrected chi connectivity index (χ2v) is 8.60. The Kier molecular flexibility index (Phi) is 5.96. The fourth-order valence-corrected chi connectivity index (χ4v) is 4.41. The number of aryl methyl sites for hydroxylation is 2. The Morgan fingerprint density at radius 2 is 1.70 bits per heavy atom. The van der Waals surface area contributed by atoms with E-state index in [9.17, 15) is 8.42 Å². The molecule has 146 valence electrons. The molecule has 0 atom stereocenters. The van der Waals surface area contributed by atoms with Crippen LogP contribution in [-0.2, 0) is 10.0 Å². The predicted molar refractivity (Wildman–Crippen MR) is 105 cm³/mol. The molecule has 0 saturated carbocycles. The lowest BCUT2D eigenvalue weighted by Crippen LogP contribution is -2.49. The maximum atomic E-state index is 12.8. The summed E-state index contributed by atoms with van der Waals surface area (Å²) in [5.41, 5.74) is 1.04. The van der Waals surface area contributed by atoms with Gasteiger partial charge < -0.3 is 9.64 Å². The van der Waals surface area contributed by atoms with E-state index >= 15 is 0 Å². The van der Waals surface area contributed by atoms with Crippen LogP contribution in [0, 0.1) is 13.8 Å². The van der Waals surface area contributed by atoms with Gasteiger partial charge in [0.25, 0.3) is 0 Å². The number of ether oxygens (including phenoxy) is 1. The van der Waals surface area contributed by atoms with E-state index in [2.05, 4.69) is 14.9 Å². The van der Waals surface area contributed by atoms with Gasteiger partial charge in [-0.1, -0.05) is 24.6 Å². The molecule has 7 nitrogen and oxygen atoms in total. The van der Waals surface area contributed by atoms with Gasteiger partial charge in [0.05, 0.1) is 11.5 Å². The van der Waals surface area contributed by atoms with E-state index in [1.807, 2.05) is 39.0 Å². The van der Waals surface area contributed by atoms with E-state index < -0.39 is 10.0 Å². The molecule has 0 spiro atoms. The second kappa shape index (κ2) is 8.22. The third kappa shape index (κ3) is 4.56. The van der Waals surface area contributed by atoms with E-state index in [-0.39, 0.29) is 0 Å². The van der Waals surface area contributed by atoms with Crippen molar-refractivity contribution >= 4 is 15.8 Å². The van der Waals surface area contributed by atoms with E-state index in [0.717, 1.165) is 17.8 Å². The molecule has 1 aliphatic heterocycles. The van der Waals surface area contributed by atoms with Gasteiger partial charge in [0.1, 0.15) is 11.6 Å². The van der Waals surface area contributed by atoms with E-state index in [4.69, 9.17) is 4.74 Å². The van der Waals surface area contributed by atoms with Crippen molar-refractivity contribution < 1.29 is 13.2 Å². The maximum absolute atomic E-state index is 12.8. The Balaban J connectivity index is 1.70. The summed E-state index contributed by atoms with van der Waals surface area (Å²) in [7, 11) is -3.46. The predicted octanol–water partition coefficient (Wildman–Crippen LogP) is 2.39. The average molecular weight is 391 g/mol. The molecule has 0 bridgehead atoms. The highest BCUT2D eigenvalue weighted by atomic mass is 32.2. The van der Waals surface area contributed by atoms with Crippen molar-refractivity contribution in [3.63, 3.8) is 0 Å². The molecule has 1 aliphatic rings. The zero-order valence-electron chi connectivity index (χ0n) is 16.1. The van der Waals surface area contributed by atoms with Gasteiger partial charge in [-0.05, 0) is 32.4 Å². The summed E-state index contributed by atoms with van der Waals surface area (Å²) in [6, 6.07) is 8.81. The first-order chi connectivity index (χ1) is 12.9. The number of hydrogen-bond acceptors (Lipinski definition) is 6. The second-order valence-electron chi connectivity index (χ2n) is 6.66. The normalized spacial score (nSPS) is 15.7. The molecule has 1 saturated heterocycles. The summed E-state index contributed by atoms with van der Waals surface area (Å²) < 4.78 is 32.8. The molecule has 1 aromatic heterocycles. The molecule has 1 fully saturated rings. The van der Waals surface area contributed by atoms with Crippen LogP contribution in [-0.4, -0.2) is 55.5 Å². The van der Waals surface area contributed by atoms with Gasteiger partial charge in [0, 0.05) is 32.2 Å². The molecule has 2 aromatic rings. The molecule has 0 aliphatic carbocycles. The van der Waals surface area contributed by atoms with Crippen LogP contribution in [0.1, 0.15) is 24.7 Å². The number of piperazine rings is 1. The SMILES string of the molecule is CCCOc1cc(N2CCN(S(=O)(=O)c3ccc(C)cc3)CC2)nc(C)n1. The molecule has 3 rings (SSSR count). The lowest BCUT2D eigenvalue weighted by Gasteiger charge is -2.34. The van der Waals surface area contributed by atoms with Crippen molar-refractivity contribution in [3.8, 4) is 5.88 Å². The zero-order chi connectivity index (χ0) is 19.4. The van der Waals surface area contributed by atoms with E-state index in [0.29, 0.717) is 49.4 Å². The Morgan fingerprint density at radius 1 is 1.04 bits per heavy atom. The molecule has 0 N–H and O–H groups in total. The highest BCUT2D eigenvalue weighted by Crippen LogP contribution is 2.22. The smallest absolute Gasteiger partial charge is 0.243 e. The number of hydrogen-bond donors (Lipinski definition) is 0. The third-order valence-electron chi connectivity index (χ3n) is 4.48. The summed E-state index contributed by atoms with van der Waals surface area (Å²) in [5.74, 6) is 1.99. The summed E-state index contributed by atoms with van der Waals surface area (Å²) in [6.45, 7) is 8.43. The van der Waals surface area contributed by atoms with Crippen LogP contribution in [0.25, 0.3) is 0 Å². The van der Waals surface area contributed by atoms with Crippen molar-refractivity contribution in [2.24, 2.45) is 0 Å². The van der Waals surface area contributed by atoms with Crippen LogP contribution in [0.3, 0.4) is 0 Å². The van der Waals surface area contributed by atoms with Crippen LogP contribution in [0.5, 0.6) is 5.88 Å². The van der Waals surface area contributed by atoms with Crippen LogP contribution in [0.15, 0.2) is 35.2 Å². The van der Waals surface area contributed by atoms with Crippen LogP contribution in [0.4, 0.5) is 5.82 Å². The Bertz CT molecular complexity index is 876. The van der Waals surface area contributed by atoms with Gasteiger partial charge in [-0.15, -0.1) is 0 Å². The first-order valence-electron chi connectivity index (χ1n) is 9.20. The van der Waals surface area contributed by atoms with Crippen molar-refractivity contribution in [3.05, 3.63) is 41.7 Å². The minimum atomic E-state index is -3.46. The Labute approximate surface area is 161 Å². The topological polar surface area (TPSA) is 75.6 Å². The van der Waals surface area contributed by atoms with Crippen LogP contribution >= 0.6 is 0 Å². The maximum Gasteiger partial charge on any atom is 0.243 e. The molecule has 0 unspecified atom stereocenters. The first kappa shape index (κ1) is 19.6. The molecule has 0 radical (unpaired) electrons. The van der Waals surface area contributed by atoms with Crippen molar-refractivity contribution in [1.29, 1.82) is 0 Å². The van der Waals surface area contributed by atoms with Crippen molar-refractivity contribution in [2.75, 3.05) is 37.7 Å².